The number of methoxy groups -OCH3 is 1. The Morgan fingerprint density at radius 3 is 2.76 bits per heavy atom. The van der Waals surface area contributed by atoms with Gasteiger partial charge < -0.3 is 9.64 Å². The summed E-state index contributed by atoms with van der Waals surface area (Å²) < 4.78 is 19.7. The lowest BCUT2D eigenvalue weighted by atomic mass is 9.92. The van der Waals surface area contributed by atoms with Crippen molar-refractivity contribution in [3.63, 3.8) is 0 Å². The summed E-state index contributed by atoms with van der Waals surface area (Å²) >= 11 is 7.79. The van der Waals surface area contributed by atoms with Gasteiger partial charge in [-0.2, -0.15) is 0 Å². The second-order valence-corrected chi connectivity index (χ2v) is 10.2. The molecule has 1 atom stereocenters. The lowest BCUT2D eigenvalue weighted by Gasteiger charge is -2.35. The van der Waals surface area contributed by atoms with E-state index < -0.39 is 5.92 Å². The predicted molar refractivity (Wildman–Crippen MR) is 131 cm³/mol. The lowest BCUT2D eigenvalue weighted by Crippen LogP contribution is -2.46. The average molecular weight is 499 g/mol. The van der Waals surface area contributed by atoms with Crippen LogP contribution in [0.1, 0.15) is 41.8 Å². The first-order valence-electron chi connectivity index (χ1n) is 11.4. The molecule has 8 heteroatoms. The molecule has 2 aromatic carbocycles. The Hall–Kier alpha value is -2.77. The molecule has 2 heterocycles. The van der Waals surface area contributed by atoms with Crippen LogP contribution in [0.5, 0.6) is 5.75 Å². The monoisotopic (exact) mass is 498 g/mol. The average Bonchev–Trinajstić information content (AvgIpc) is 3.17. The summed E-state index contributed by atoms with van der Waals surface area (Å²) in [5.74, 6) is -0.725. The van der Waals surface area contributed by atoms with Gasteiger partial charge in [0.25, 0.3) is 11.8 Å². The van der Waals surface area contributed by atoms with Gasteiger partial charge in [0.2, 0.25) is 0 Å². The third-order valence-corrected chi connectivity index (χ3v) is 8.26. The van der Waals surface area contributed by atoms with Crippen molar-refractivity contribution < 1.29 is 18.7 Å². The molecule has 1 aromatic heterocycles. The van der Waals surface area contributed by atoms with E-state index >= 15 is 0 Å². The van der Waals surface area contributed by atoms with Gasteiger partial charge in [-0.3, -0.25) is 9.59 Å². The van der Waals surface area contributed by atoms with Crippen LogP contribution in [-0.4, -0.2) is 36.4 Å². The maximum absolute atomic E-state index is 13.8. The van der Waals surface area contributed by atoms with Gasteiger partial charge in [0.15, 0.2) is 0 Å². The van der Waals surface area contributed by atoms with Crippen LogP contribution >= 0.6 is 22.9 Å². The summed E-state index contributed by atoms with van der Waals surface area (Å²) in [5, 5.41) is 2.42. The number of halogens is 2. The second-order valence-electron chi connectivity index (χ2n) is 8.78. The van der Waals surface area contributed by atoms with Crippen LogP contribution in [-0.2, 0) is 4.79 Å². The predicted octanol–water partition coefficient (Wildman–Crippen LogP) is 4.73. The van der Waals surface area contributed by atoms with Gasteiger partial charge in [-0.25, -0.2) is 9.38 Å². The van der Waals surface area contributed by atoms with Gasteiger partial charge in [0.05, 0.1) is 23.4 Å². The van der Waals surface area contributed by atoms with Crippen molar-refractivity contribution in [3.05, 3.63) is 62.7 Å². The van der Waals surface area contributed by atoms with Crippen LogP contribution in [0, 0.1) is 11.7 Å². The van der Waals surface area contributed by atoms with Gasteiger partial charge in [0, 0.05) is 27.9 Å². The minimum atomic E-state index is -0.559. The SMILES string of the molecule is COc1ccc2c(c1)=CC(CN(C(=O)c1sc3cc(F)ccc3c1Cl)C1CCCCC1)C(=O)N=2. The van der Waals surface area contributed by atoms with E-state index in [4.69, 9.17) is 16.3 Å². The number of fused-ring (bicyclic) bond motifs is 2. The fourth-order valence-electron chi connectivity index (χ4n) is 4.82. The third kappa shape index (κ3) is 4.34. The Balaban J connectivity index is 1.52. The van der Waals surface area contributed by atoms with E-state index in [1.807, 2.05) is 12.1 Å². The molecule has 1 saturated carbocycles. The van der Waals surface area contributed by atoms with Gasteiger partial charge in [-0.1, -0.05) is 36.9 Å². The van der Waals surface area contributed by atoms with E-state index in [1.165, 1.54) is 23.5 Å². The zero-order chi connectivity index (χ0) is 23.8. The number of nitrogens with zero attached hydrogens (tertiary/aromatic N) is 2. The van der Waals surface area contributed by atoms with Crippen LogP contribution < -0.4 is 15.3 Å². The fourth-order valence-corrected chi connectivity index (χ4v) is 6.32. The zero-order valence-electron chi connectivity index (χ0n) is 18.7. The third-order valence-electron chi connectivity index (χ3n) is 6.62. The van der Waals surface area contributed by atoms with Crippen molar-refractivity contribution in [2.45, 2.75) is 38.1 Å². The van der Waals surface area contributed by atoms with Crippen molar-refractivity contribution in [2.24, 2.45) is 10.9 Å². The molecule has 1 aliphatic heterocycles. The fraction of sp³-hybridized carbons (Fsp3) is 0.346. The van der Waals surface area contributed by atoms with Crippen LogP contribution in [0.4, 0.5) is 4.39 Å². The molecule has 0 N–H and O–H groups in total. The molecular formula is C26H24ClFN2O3S. The summed E-state index contributed by atoms with van der Waals surface area (Å²) in [6, 6.07) is 9.75. The standard InChI is InChI=1S/C26H24ClFN2O3S/c1-33-19-8-10-21-15(12-19)11-16(25(31)29-21)14-30(18-5-3-2-4-6-18)26(32)24-23(27)20-9-7-17(28)13-22(20)34-24/h7-13,16,18H,2-6,14H2,1H3. The molecular weight excluding hydrogens is 475 g/mol. The van der Waals surface area contributed by atoms with Crippen molar-refractivity contribution in [3.8, 4) is 5.75 Å². The Morgan fingerprint density at radius 1 is 1.21 bits per heavy atom. The smallest absolute Gasteiger partial charge is 0.265 e. The van der Waals surface area contributed by atoms with E-state index in [2.05, 4.69) is 4.99 Å². The normalized spacial score (nSPS) is 18.2. The minimum absolute atomic E-state index is 0.0205. The molecule has 0 radical (unpaired) electrons. The quantitative estimate of drug-likeness (QED) is 0.511. The van der Waals surface area contributed by atoms with E-state index in [1.54, 1.807) is 30.2 Å². The van der Waals surface area contributed by atoms with Crippen molar-refractivity contribution >= 4 is 50.9 Å². The second kappa shape index (κ2) is 9.47. The van der Waals surface area contributed by atoms with Gasteiger partial charge in [-0.05, 0) is 49.2 Å². The van der Waals surface area contributed by atoms with Crippen molar-refractivity contribution in [1.29, 1.82) is 0 Å². The molecule has 5 nitrogen and oxygen atoms in total. The number of rotatable bonds is 5. The molecule has 2 amide bonds. The Kier molecular flexibility index (Phi) is 6.40. The molecule has 1 fully saturated rings. The van der Waals surface area contributed by atoms with E-state index in [-0.39, 0.29) is 30.2 Å². The molecule has 5 rings (SSSR count). The molecule has 3 aromatic rings. The highest BCUT2D eigenvalue weighted by Gasteiger charge is 2.33. The van der Waals surface area contributed by atoms with Gasteiger partial charge >= 0.3 is 0 Å². The molecule has 2 aliphatic rings. The number of benzene rings is 2. The summed E-state index contributed by atoms with van der Waals surface area (Å²) in [6.07, 6.45) is 6.84. The number of thiophene rings is 1. The molecule has 0 bridgehead atoms. The number of ether oxygens (including phenoxy) is 1. The molecule has 0 saturated heterocycles. The molecule has 1 aliphatic carbocycles. The van der Waals surface area contributed by atoms with Crippen molar-refractivity contribution in [2.75, 3.05) is 13.7 Å². The molecule has 1 unspecified atom stereocenters. The summed E-state index contributed by atoms with van der Waals surface area (Å²) in [6.45, 7) is 0.224. The van der Waals surface area contributed by atoms with Crippen LogP contribution in [0.15, 0.2) is 41.4 Å². The van der Waals surface area contributed by atoms with E-state index in [0.717, 1.165) is 37.3 Å². The zero-order valence-corrected chi connectivity index (χ0v) is 20.3. The highest BCUT2D eigenvalue weighted by molar-refractivity contribution is 7.21. The van der Waals surface area contributed by atoms with Crippen LogP contribution in [0.25, 0.3) is 16.2 Å². The highest BCUT2D eigenvalue weighted by atomic mass is 35.5. The van der Waals surface area contributed by atoms with Crippen molar-refractivity contribution in [1.82, 2.24) is 4.90 Å². The summed E-state index contributed by atoms with van der Waals surface area (Å²) in [5.41, 5.74) is 0. The largest absolute Gasteiger partial charge is 0.497 e. The first-order chi connectivity index (χ1) is 16.4. The number of hydrogen-bond acceptors (Lipinski definition) is 4. The Bertz CT molecular complexity index is 1400. The van der Waals surface area contributed by atoms with Crippen LogP contribution in [0.3, 0.4) is 0 Å². The van der Waals surface area contributed by atoms with Crippen LogP contribution in [0.2, 0.25) is 5.02 Å². The van der Waals surface area contributed by atoms with Gasteiger partial charge in [0.1, 0.15) is 16.4 Å². The number of amides is 2. The topological polar surface area (TPSA) is 59.0 Å². The molecule has 176 valence electrons. The number of carbonyl (C=O) groups excluding carboxylic acids is 2. The van der Waals surface area contributed by atoms with E-state index in [9.17, 15) is 14.0 Å². The number of hydrogen-bond donors (Lipinski definition) is 0. The number of carbonyl (C=O) groups is 2. The summed E-state index contributed by atoms with van der Waals surface area (Å²) in [7, 11) is 1.59. The lowest BCUT2D eigenvalue weighted by molar-refractivity contribution is -0.120. The Labute approximate surface area is 205 Å². The maximum Gasteiger partial charge on any atom is 0.265 e. The highest BCUT2D eigenvalue weighted by Crippen LogP contribution is 2.37. The van der Waals surface area contributed by atoms with E-state index in [0.29, 0.717) is 31.1 Å². The van der Waals surface area contributed by atoms with Gasteiger partial charge in [-0.15, -0.1) is 11.3 Å². The summed E-state index contributed by atoms with van der Waals surface area (Å²) in [4.78, 5) is 33.2. The maximum atomic E-state index is 13.8. The first-order valence-corrected chi connectivity index (χ1v) is 12.6. The molecule has 0 spiro atoms. The first kappa shape index (κ1) is 23.0. The Morgan fingerprint density at radius 2 is 2.00 bits per heavy atom. The molecule has 34 heavy (non-hydrogen) atoms. The minimum Gasteiger partial charge on any atom is -0.497 e.